The lowest BCUT2D eigenvalue weighted by molar-refractivity contribution is -0.142. The third kappa shape index (κ3) is 3.91. The molecule has 0 aliphatic carbocycles. The number of likely N-dealkylation sites (tertiary alicyclic amines) is 1. The van der Waals surface area contributed by atoms with E-state index in [9.17, 15) is 24.6 Å². The highest BCUT2D eigenvalue weighted by molar-refractivity contribution is 6.46. The van der Waals surface area contributed by atoms with Crippen LogP contribution in [0, 0.1) is 0 Å². The number of hydrogen-bond donors (Lipinski definition) is 3. The van der Waals surface area contributed by atoms with Crippen molar-refractivity contribution in [1.82, 2.24) is 4.90 Å². The molecule has 0 saturated carbocycles. The van der Waals surface area contributed by atoms with Crippen LogP contribution in [0.1, 0.15) is 23.6 Å². The van der Waals surface area contributed by atoms with E-state index >= 15 is 0 Å². The molecular weight excluding hydrogens is 378 g/mol. The molecule has 1 atom stereocenters. The van der Waals surface area contributed by atoms with E-state index in [1.807, 2.05) is 0 Å². The first-order chi connectivity index (χ1) is 13.8. The molecular formula is C21H19NO7. The Kier molecular flexibility index (Phi) is 5.54. The number of carboxylic acid groups (broad SMARTS) is 1. The smallest absolute Gasteiger partial charge is 0.305 e. The number of benzene rings is 2. The van der Waals surface area contributed by atoms with Crippen molar-refractivity contribution in [2.24, 2.45) is 0 Å². The zero-order valence-corrected chi connectivity index (χ0v) is 15.5. The Bertz CT molecular complexity index is 994. The maximum absolute atomic E-state index is 12.7. The molecule has 3 rings (SSSR count). The van der Waals surface area contributed by atoms with E-state index in [1.54, 1.807) is 30.3 Å². The van der Waals surface area contributed by atoms with Gasteiger partial charge in [0.05, 0.1) is 25.1 Å². The summed E-state index contributed by atoms with van der Waals surface area (Å²) >= 11 is 0. The Morgan fingerprint density at radius 1 is 1.10 bits per heavy atom. The SMILES string of the molecule is COc1ccc(C(O)=C2C(=O)C(=O)N(CCC(=O)O)[C@@H]2c2cccc(O)c2)cc1. The molecule has 3 N–H and O–H groups in total. The highest BCUT2D eigenvalue weighted by Gasteiger charge is 2.46. The number of aliphatic hydroxyl groups is 1. The van der Waals surface area contributed by atoms with Crippen LogP contribution in [0.5, 0.6) is 11.5 Å². The standard InChI is InChI=1S/C21H19NO7/c1-29-15-7-5-12(6-8-15)19(26)17-18(13-3-2-4-14(23)11-13)22(10-9-16(24)25)21(28)20(17)27/h2-8,11,18,23,26H,9-10H2,1H3,(H,24,25)/t18-/m1/s1. The van der Waals surface area contributed by atoms with Crippen LogP contribution < -0.4 is 4.74 Å². The van der Waals surface area contributed by atoms with Gasteiger partial charge < -0.3 is 25.0 Å². The number of methoxy groups -OCH3 is 1. The molecule has 150 valence electrons. The van der Waals surface area contributed by atoms with Crippen LogP contribution in [-0.2, 0) is 14.4 Å². The Labute approximate surface area is 166 Å². The number of hydrogen-bond acceptors (Lipinski definition) is 6. The van der Waals surface area contributed by atoms with Gasteiger partial charge in [0.2, 0.25) is 0 Å². The fraction of sp³-hybridized carbons (Fsp3) is 0.190. The second kappa shape index (κ2) is 8.05. The number of carbonyl (C=O) groups excluding carboxylic acids is 2. The van der Waals surface area contributed by atoms with Crippen LogP contribution in [0.25, 0.3) is 5.76 Å². The van der Waals surface area contributed by atoms with Gasteiger partial charge in [-0.05, 0) is 42.0 Å². The summed E-state index contributed by atoms with van der Waals surface area (Å²) in [6, 6.07) is 11.2. The van der Waals surface area contributed by atoms with Gasteiger partial charge in [-0.2, -0.15) is 0 Å². The molecule has 2 aromatic carbocycles. The molecule has 0 aromatic heterocycles. The van der Waals surface area contributed by atoms with Gasteiger partial charge in [0.1, 0.15) is 17.3 Å². The Hall–Kier alpha value is -3.81. The summed E-state index contributed by atoms with van der Waals surface area (Å²) in [7, 11) is 1.49. The van der Waals surface area contributed by atoms with Gasteiger partial charge >= 0.3 is 5.97 Å². The predicted molar refractivity (Wildman–Crippen MR) is 102 cm³/mol. The number of aliphatic hydroxyl groups excluding tert-OH is 1. The average molecular weight is 397 g/mol. The lowest BCUT2D eigenvalue weighted by Gasteiger charge is -2.24. The van der Waals surface area contributed by atoms with Gasteiger partial charge in [0.25, 0.3) is 11.7 Å². The maximum Gasteiger partial charge on any atom is 0.305 e. The number of phenolic OH excluding ortho intramolecular Hbond substituents is 1. The summed E-state index contributed by atoms with van der Waals surface area (Å²) in [5.41, 5.74) is 0.507. The molecule has 1 aliphatic heterocycles. The topological polar surface area (TPSA) is 124 Å². The van der Waals surface area contributed by atoms with Crippen molar-refractivity contribution < 1.29 is 34.4 Å². The average Bonchev–Trinajstić information content (AvgIpc) is 2.96. The van der Waals surface area contributed by atoms with E-state index in [0.29, 0.717) is 16.9 Å². The summed E-state index contributed by atoms with van der Waals surface area (Å²) < 4.78 is 5.08. The van der Waals surface area contributed by atoms with E-state index in [-0.39, 0.29) is 24.3 Å². The van der Waals surface area contributed by atoms with Gasteiger partial charge in [-0.1, -0.05) is 12.1 Å². The molecule has 1 fully saturated rings. The number of rotatable bonds is 6. The molecule has 1 aliphatic rings. The summed E-state index contributed by atoms with van der Waals surface area (Å²) in [5.74, 6) is -2.88. The van der Waals surface area contributed by atoms with Crippen molar-refractivity contribution in [3.8, 4) is 11.5 Å². The van der Waals surface area contributed by atoms with Gasteiger partial charge in [-0.25, -0.2) is 0 Å². The number of carboxylic acids is 1. The molecule has 1 heterocycles. The largest absolute Gasteiger partial charge is 0.508 e. The quantitative estimate of drug-likeness (QED) is 0.388. The van der Waals surface area contributed by atoms with Crippen LogP contribution in [0.4, 0.5) is 0 Å². The van der Waals surface area contributed by atoms with Gasteiger partial charge in [-0.3, -0.25) is 14.4 Å². The molecule has 0 unspecified atom stereocenters. The van der Waals surface area contributed by atoms with Crippen LogP contribution in [0.15, 0.2) is 54.1 Å². The minimum absolute atomic E-state index is 0.0873. The third-order valence-electron chi connectivity index (χ3n) is 4.66. The predicted octanol–water partition coefficient (Wildman–Crippen LogP) is 2.30. The van der Waals surface area contributed by atoms with Crippen LogP contribution >= 0.6 is 0 Å². The monoisotopic (exact) mass is 397 g/mol. The molecule has 8 nitrogen and oxygen atoms in total. The number of aromatic hydroxyl groups is 1. The summed E-state index contributed by atoms with van der Waals surface area (Å²) in [6.45, 7) is -0.223. The first-order valence-electron chi connectivity index (χ1n) is 8.77. The second-order valence-corrected chi connectivity index (χ2v) is 6.46. The van der Waals surface area contributed by atoms with Gasteiger partial charge in [-0.15, -0.1) is 0 Å². The van der Waals surface area contributed by atoms with Crippen LogP contribution in [-0.4, -0.2) is 51.5 Å². The van der Waals surface area contributed by atoms with Crippen LogP contribution in [0.2, 0.25) is 0 Å². The minimum Gasteiger partial charge on any atom is -0.508 e. The van der Waals surface area contributed by atoms with Crippen molar-refractivity contribution in [2.75, 3.05) is 13.7 Å². The highest BCUT2D eigenvalue weighted by Crippen LogP contribution is 2.40. The number of carbonyl (C=O) groups is 3. The number of aliphatic carboxylic acids is 1. The Balaban J connectivity index is 2.14. The first-order valence-corrected chi connectivity index (χ1v) is 8.77. The summed E-state index contributed by atoms with van der Waals surface area (Å²) in [5, 5.41) is 29.7. The van der Waals surface area contributed by atoms with Crippen LogP contribution in [0.3, 0.4) is 0 Å². The number of nitrogens with zero attached hydrogens (tertiary/aromatic N) is 1. The highest BCUT2D eigenvalue weighted by atomic mass is 16.5. The Morgan fingerprint density at radius 3 is 2.38 bits per heavy atom. The van der Waals surface area contributed by atoms with Crippen molar-refractivity contribution >= 4 is 23.4 Å². The zero-order chi connectivity index (χ0) is 21.1. The number of phenols is 1. The number of amides is 1. The second-order valence-electron chi connectivity index (χ2n) is 6.46. The van der Waals surface area contributed by atoms with E-state index in [1.165, 1.54) is 25.3 Å². The van der Waals surface area contributed by atoms with Crippen molar-refractivity contribution in [1.29, 1.82) is 0 Å². The minimum atomic E-state index is -1.13. The van der Waals surface area contributed by atoms with Crippen molar-refractivity contribution in [3.05, 3.63) is 65.2 Å². The molecule has 0 spiro atoms. The maximum atomic E-state index is 12.7. The molecule has 29 heavy (non-hydrogen) atoms. The van der Waals surface area contributed by atoms with E-state index in [4.69, 9.17) is 9.84 Å². The lowest BCUT2D eigenvalue weighted by atomic mass is 9.95. The molecule has 2 aromatic rings. The molecule has 1 saturated heterocycles. The summed E-state index contributed by atoms with van der Waals surface area (Å²) in [6.07, 6.45) is -0.370. The molecule has 0 bridgehead atoms. The van der Waals surface area contributed by atoms with E-state index in [2.05, 4.69) is 0 Å². The molecule has 0 radical (unpaired) electrons. The molecule has 1 amide bonds. The number of Topliss-reactive ketones (excluding diaryl/α,β-unsaturated/α-hetero) is 1. The fourth-order valence-corrected chi connectivity index (χ4v) is 3.27. The molecule has 8 heteroatoms. The number of ether oxygens (including phenoxy) is 1. The zero-order valence-electron chi connectivity index (χ0n) is 15.5. The Morgan fingerprint density at radius 2 is 1.79 bits per heavy atom. The lowest BCUT2D eigenvalue weighted by Crippen LogP contribution is -2.31. The van der Waals surface area contributed by atoms with Crippen molar-refractivity contribution in [3.63, 3.8) is 0 Å². The van der Waals surface area contributed by atoms with Gasteiger partial charge in [0, 0.05) is 12.1 Å². The van der Waals surface area contributed by atoms with E-state index in [0.717, 1.165) is 4.90 Å². The number of ketones is 1. The van der Waals surface area contributed by atoms with Gasteiger partial charge in [0.15, 0.2) is 0 Å². The first kappa shape index (κ1) is 19.9. The van der Waals surface area contributed by atoms with E-state index < -0.39 is 29.5 Å². The fourth-order valence-electron chi connectivity index (χ4n) is 3.27. The normalized spacial score (nSPS) is 18.1. The van der Waals surface area contributed by atoms with Crippen molar-refractivity contribution in [2.45, 2.75) is 12.5 Å². The summed E-state index contributed by atoms with van der Waals surface area (Å²) in [4.78, 5) is 37.4. The third-order valence-corrected chi connectivity index (χ3v) is 4.66.